The lowest BCUT2D eigenvalue weighted by molar-refractivity contribution is -0.132. The summed E-state index contributed by atoms with van der Waals surface area (Å²) in [6, 6.07) is 13.9. The van der Waals surface area contributed by atoms with E-state index in [-0.39, 0.29) is 24.7 Å². The van der Waals surface area contributed by atoms with Gasteiger partial charge in [-0.25, -0.2) is 0 Å². The highest BCUT2D eigenvalue weighted by molar-refractivity contribution is 7.07. The molecule has 1 fully saturated rings. The minimum atomic E-state index is -1.21. The summed E-state index contributed by atoms with van der Waals surface area (Å²) in [7, 11) is 0. The molecule has 3 heterocycles. The van der Waals surface area contributed by atoms with E-state index >= 15 is 0 Å². The second kappa shape index (κ2) is 15.3. The fourth-order valence-electron chi connectivity index (χ4n) is 6.38. The number of nitrogens with one attached hydrogen (secondary N) is 2. The first-order valence-electron chi connectivity index (χ1n) is 16.9. The maximum absolute atomic E-state index is 14.4. The molecule has 2 aromatic carbocycles. The molecular formula is C38H47N5O4S. The summed E-state index contributed by atoms with van der Waals surface area (Å²) >= 11 is 1.55. The number of hydrogen-bond acceptors (Lipinski definition) is 6. The molecular weight excluding hydrogens is 623 g/mol. The van der Waals surface area contributed by atoms with E-state index in [9.17, 15) is 19.2 Å². The van der Waals surface area contributed by atoms with Gasteiger partial charge in [0.1, 0.15) is 12.1 Å². The van der Waals surface area contributed by atoms with E-state index in [1.54, 1.807) is 35.0 Å². The van der Waals surface area contributed by atoms with Crippen LogP contribution in [0, 0.1) is 6.92 Å². The Morgan fingerprint density at radius 3 is 2.58 bits per heavy atom. The van der Waals surface area contributed by atoms with E-state index in [0.29, 0.717) is 25.2 Å². The van der Waals surface area contributed by atoms with E-state index in [2.05, 4.69) is 23.6 Å². The predicted octanol–water partition coefficient (Wildman–Crippen LogP) is 5.64. The fourth-order valence-corrected chi connectivity index (χ4v) is 7.04. The van der Waals surface area contributed by atoms with Crippen molar-refractivity contribution in [3.8, 4) is 0 Å². The first-order valence-corrected chi connectivity index (χ1v) is 17.8. The standard InChI is InChI=1S/C38H47N5O4S/c1-5-6-7-13-27(29-15-9-8-12-25(29)2)21-30(41-37(47)38(3,4)39)35(45)40-31-22-28-14-10-16-32(42-19-11-17-33(42)44)34(28)43(36(31)46)23-26-18-20-48-24-26/h8-10,12-16,18,20,24,30-31H,5-7,11,17,19,21-23,39H2,1-4H3,(H,40,45)(H,41,47)/b27-13-. The molecule has 2 atom stereocenters. The van der Waals surface area contributed by atoms with Crippen molar-refractivity contribution in [3.63, 3.8) is 0 Å². The van der Waals surface area contributed by atoms with Crippen molar-refractivity contribution >= 4 is 51.9 Å². The lowest BCUT2D eigenvalue weighted by Crippen LogP contribution is -2.59. The number of carbonyl (C=O) groups excluding carboxylic acids is 4. The second-order valence-electron chi connectivity index (χ2n) is 13.4. The Morgan fingerprint density at radius 2 is 1.92 bits per heavy atom. The van der Waals surface area contributed by atoms with Gasteiger partial charge in [0.05, 0.1) is 23.5 Å². The highest BCUT2D eigenvalue weighted by Crippen LogP contribution is 2.40. The van der Waals surface area contributed by atoms with E-state index in [0.717, 1.165) is 59.2 Å². The van der Waals surface area contributed by atoms with Gasteiger partial charge >= 0.3 is 0 Å². The molecule has 4 N–H and O–H groups in total. The minimum absolute atomic E-state index is 0.0413. The van der Waals surface area contributed by atoms with E-state index in [1.165, 1.54) is 0 Å². The Kier molecular flexibility index (Phi) is 11.2. The summed E-state index contributed by atoms with van der Waals surface area (Å²) < 4.78 is 0. The third-order valence-electron chi connectivity index (χ3n) is 9.03. The van der Waals surface area contributed by atoms with Crippen LogP contribution in [-0.2, 0) is 32.1 Å². The molecule has 10 heteroatoms. The summed E-state index contributed by atoms with van der Waals surface area (Å²) in [6.07, 6.45) is 6.75. The van der Waals surface area contributed by atoms with Crippen LogP contribution in [0.25, 0.3) is 5.57 Å². The van der Waals surface area contributed by atoms with Crippen LogP contribution < -0.4 is 26.2 Å². The molecule has 3 aromatic rings. The molecule has 0 saturated carbocycles. The van der Waals surface area contributed by atoms with Gasteiger partial charge in [0.15, 0.2) is 0 Å². The zero-order valence-electron chi connectivity index (χ0n) is 28.4. The van der Waals surface area contributed by atoms with Crippen molar-refractivity contribution in [1.82, 2.24) is 10.6 Å². The lowest BCUT2D eigenvalue weighted by atomic mass is 9.92. The van der Waals surface area contributed by atoms with Crippen molar-refractivity contribution in [1.29, 1.82) is 0 Å². The molecule has 4 amide bonds. The summed E-state index contributed by atoms with van der Waals surface area (Å²) in [5.74, 6) is -1.13. The molecule has 48 heavy (non-hydrogen) atoms. The third-order valence-corrected chi connectivity index (χ3v) is 9.76. The van der Waals surface area contributed by atoms with E-state index < -0.39 is 29.4 Å². The Bertz CT molecular complexity index is 1680. The Balaban J connectivity index is 1.48. The quantitative estimate of drug-likeness (QED) is 0.203. The molecule has 1 saturated heterocycles. The number of unbranched alkanes of at least 4 members (excludes halogenated alkanes) is 2. The van der Waals surface area contributed by atoms with Gasteiger partial charge in [0.2, 0.25) is 23.6 Å². The normalized spacial score (nSPS) is 17.4. The van der Waals surface area contributed by atoms with Gasteiger partial charge in [-0.2, -0.15) is 11.3 Å². The number of rotatable bonds is 13. The number of amides is 4. The number of nitrogens with two attached hydrogens (primary N) is 1. The average molecular weight is 670 g/mol. The van der Waals surface area contributed by atoms with Gasteiger partial charge in [-0.05, 0) is 84.3 Å². The number of benzene rings is 2. The summed E-state index contributed by atoms with van der Waals surface area (Å²) in [6.45, 7) is 8.27. The summed E-state index contributed by atoms with van der Waals surface area (Å²) in [5, 5.41) is 9.89. The average Bonchev–Trinajstić information content (AvgIpc) is 3.73. The summed E-state index contributed by atoms with van der Waals surface area (Å²) in [5.41, 5.74) is 11.3. The van der Waals surface area contributed by atoms with Gasteiger partial charge in [0, 0.05) is 25.8 Å². The van der Waals surface area contributed by atoms with Crippen molar-refractivity contribution in [2.45, 2.75) is 96.8 Å². The Labute approximate surface area is 287 Å². The minimum Gasteiger partial charge on any atom is -0.342 e. The van der Waals surface area contributed by atoms with Crippen LogP contribution in [0.15, 0.2) is 65.4 Å². The molecule has 9 nitrogen and oxygen atoms in total. The van der Waals surface area contributed by atoms with Gasteiger partial charge in [-0.1, -0.05) is 62.2 Å². The summed E-state index contributed by atoms with van der Waals surface area (Å²) in [4.78, 5) is 58.1. The number of nitrogens with zero attached hydrogens (tertiary/aromatic N) is 2. The number of para-hydroxylation sites is 1. The van der Waals surface area contributed by atoms with Crippen molar-refractivity contribution < 1.29 is 19.2 Å². The van der Waals surface area contributed by atoms with Crippen LogP contribution in [0.4, 0.5) is 11.4 Å². The van der Waals surface area contributed by atoms with Crippen LogP contribution in [0.2, 0.25) is 0 Å². The van der Waals surface area contributed by atoms with Gasteiger partial charge in [-0.15, -0.1) is 0 Å². The van der Waals surface area contributed by atoms with Gasteiger partial charge in [-0.3, -0.25) is 19.2 Å². The molecule has 0 aliphatic carbocycles. The first kappa shape index (κ1) is 35.0. The lowest BCUT2D eigenvalue weighted by Gasteiger charge is -2.37. The van der Waals surface area contributed by atoms with Crippen LogP contribution in [-0.4, -0.2) is 47.8 Å². The highest BCUT2D eigenvalue weighted by Gasteiger charge is 2.39. The van der Waals surface area contributed by atoms with Crippen LogP contribution in [0.3, 0.4) is 0 Å². The Hall–Kier alpha value is -4.28. The van der Waals surface area contributed by atoms with Crippen LogP contribution >= 0.6 is 11.3 Å². The molecule has 0 radical (unpaired) electrons. The van der Waals surface area contributed by atoms with Crippen molar-refractivity contribution in [3.05, 3.63) is 87.6 Å². The number of thiophene rings is 1. The van der Waals surface area contributed by atoms with E-state index in [1.807, 2.05) is 66.2 Å². The SMILES string of the molecule is CCCC/C=C(/CC(NC(=O)C(C)(C)N)C(=O)NC1Cc2cccc(N3CCCC3=O)c2N(Cc2ccsc2)C1=O)c1ccccc1C. The van der Waals surface area contributed by atoms with Gasteiger partial charge < -0.3 is 26.2 Å². The van der Waals surface area contributed by atoms with Crippen molar-refractivity contribution in [2.24, 2.45) is 5.73 Å². The molecule has 2 aliphatic heterocycles. The number of carbonyl (C=O) groups is 4. The van der Waals surface area contributed by atoms with Crippen LogP contribution in [0.5, 0.6) is 0 Å². The number of fused-ring (bicyclic) bond motifs is 1. The monoisotopic (exact) mass is 669 g/mol. The van der Waals surface area contributed by atoms with E-state index in [4.69, 9.17) is 5.73 Å². The van der Waals surface area contributed by atoms with Crippen LogP contribution in [0.1, 0.15) is 81.5 Å². The first-order chi connectivity index (χ1) is 23.0. The topological polar surface area (TPSA) is 125 Å². The zero-order chi connectivity index (χ0) is 34.4. The molecule has 2 unspecified atom stereocenters. The second-order valence-corrected chi connectivity index (χ2v) is 14.2. The molecule has 0 bridgehead atoms. The third kappa shape index (κ3) is 8.05. The largest absolute Gasteiger partial charge is 0.342 e. The number of anilines is 2. The maximum Gasteiger partial charge on any atom is 0.250 e. The number of hydrogen-bond donors (Lipinski definition) is 3. The maximum atomic E-state index is 14.4. The number of aryl methyl sites for hydroxylation is 1. The zero-order valence-corrected chi connectivity index (χ0v) is 29.2. The Morgan fingerprint density at radius 1 is 1.12 bits per heavy atom. The molecule has 254 valence electrons. The smallest absolute Gasteiger partial charge is 0.250 e. The number of allylic oxidation sites excluding steroid dienone is 1. The highest BCUT2D eigenvalue weighted by atomic mass is 32.1. The molecule has 1 aromatic heterocycles. The fraction of sp³-hybridized carbons (Fsp3) is 0.421. The molecule has 5 rings (SSSR count). The molecule has 0 spiro atoms. The van der Waals surface area contributed by atoms with Gasteiger partial charge in [0.25, 0.3) is 0 Å². The predicted molar refractivity (Wildman–Crippen MR) is 193 cm³/mol. The molecule has 2 aliphatic rings. The van der Waals surface area contributed by atoms with Crippen molar-refractivity contribution in [2.75, 3.05) is 16.3 Å².